The molecule has 2 aliphatic rings. The highest BCUT2D eigenvalue weighted by atomic mass is 16.6. The van der Waals surface area contributed by atoms with Crippen molar-refractivity contribution in [3.05, 3.63) is 11.7 Å². The Bertz CT molecular complexity index is 848. The van der Waals surface area contributed by atoms with Gasteiger partial charge in [0.05, 0.1) is 12.5 Å². The number of hydrogen-bond acceptors (Lipinski definition) is 7. The lowest BCUT2D eigenvalue weighted by atomic mass is 9.84. The van der Waals surface area contributed by atoms with E-state index in [9.17, 15) is 9.59 Å². The van der Waals surface area contributed by atoms with Gasteiger partial charge in [0, 0.05) is 12.5 Å². The number of piperidine rings is 1. The molecule has 8 heteroatoms. The normalized spacial score (nSPS) is 20.7. The summed E-state index contributed by atoms with van der Waals surface area (Å²) in [6.45, 7) is 11.8. The number of esters is 1. The molecule has 1 aliphatic carbocycles. The highest BCUT2D eigenvalue weighted by Crippen LogP contribution is 2.34. The summed E-state index contributed by atoms with van der Waals surface area (Å²) >= 11 is 0. The standard InChI is InChI=1S/C28H47N3O5/c1-27(2,3)34-23(32)19-21(16-12-15-20-13-8-7-9-14-20)25-29-24(30-36-25)22-17-10-11-18-31(22)26(33)35-28(4,5)6/h20-22H,7-19H2,1-6H3. The molecule has 0 radical (unpaired) electrons. The van der Waals surface area contributed by atoms with Crippen LogP contribution in [0, 0.1) is 5.92 Å². The van der Waals surface area contributed by atoms with Crippen molar-refractivity contribution >= 4 is 12.1 Å². The summed E-state index contributed by atoms with van der Waals surface area (Å²) in [4.78, 5) is 32.0. The van der Waals surface area contributed by atoms with Gasteiger partial charge in [-0.1, -0.05) is 50.1 Å². The minimum atomic E-state index is -0.571. The second-order valence-corrected chi connectivity index (χ2v) is 12.6. The highest BCUT2D eigenvalue weighted by molar-refractivity contribution is 5.71. The van der Waals surface area contributed by atoms with Gasteiger partial charge in [0.25, 0.3) is 0 Å². The Morgan fingerprint density at radius 2 is 1.64 bits per heavy atom. The summed E-state index contributed by atoms with van der Waals surface area (Å²) in [5.74, 6) is 1.30. The van der Waals surface area contributed by atoms with Gasteiger partial charge in [0.1, 0.15) is 11.2 Å². The Labute approximate surface area is 216 Å². The Morgan fingerprint density at radius 1 is 0.972 bits per heavy atom. The number of carbonyl (C=O) groups is 2. The second-order valence-electron chi connectivity index (χ2n) is 12.6. The summed E-state index contributed by atoms with van der Waals surface area (Å²) in [6.07, 6.45) is 12.1. The number of amides is 1. The smallest absolute Gasteiger partial charge is 0.410 e. The molecule has 1 saturated carbocycles. The van der Waals surface area contributed by atoms with Gasteiger partial charge < -0.3 is 14.0 Å². The van der Waals surface area contributed by atoms with Crippen LogP contribution < -0.4 is 0 Å². The van der Waals surface area contributed by atoms with Crippen molar-refractivity contribution in [2.24, 2.45) is 5.92 Å². The van der Waals surface area contributed by atoms with Crippen LogP contribution in [0.4, 0.5) is 4.79 Å². The third-order valence-corrected chi connectivity index (χ3v) is 6.96. The molecule has 2 fully saturated rings. The van der Waals surface area contributed by atoms with Gasteiger partial charge in [-0.25, -0.2) is 4.79 Å². The first kappa shape index (κ1) is 28.5. The molecular weight excluding hydrogens is 458 g/mol. The Kier molecular flexibility index (Phi) is 9.81. The molecule has 8 nitrogen and oxygen atoms in total. The van der Waals surface area contributed by atoms with Crippen molar-refractivity contribution in [3.63, 3.8) is 0 Å². The first-order valence-corrected chi connectivity index (χ1v) is 14.0. The topological polar surface area (TPSA) is 94.8 Å². The van der Waals surface area contributed by atoms with Gasteiger partial charge in [-0.15, -0.1) is 0 Å². The third-order valence-electron chi connectivity index (χ3n) is 6.96. The van der Waals surface area contributed by atoms with E-state index in [2.05, 4.69) is 5.16 Å². The molecule has 0 N–H and O–H groups in total. The summed E-state index contributed by atoms with van der Waals surface area (Å²) in [7, 11) is 0. The van der Waals surface area contributed by atoms with Crippen LogP contribution >= 0.6 is 0 Å². The number of likely N-dealkylation sites (tertiary alicyclic amines) is 1. The fourth-order valence-electron chi connectivity index (χ4n) is 5.31. The SMILES string of the molecule is CC(C)(C)OC(=O)CC(CCCC1CCCCC1)c1nc(C2CCCCN2C(=O)OC(C)(C)C)no1. The molecule has 2 heterocycles. The molecule has 204 valence electrons. The highest BCUT2D eigenvalue weighted by Gasteiger charge is 2.35. The van der Waals surface area contributed by atoms with Crippen LogP contribution in [0.2, 0.25) is 0 Å². The first-order chi connectivity index (χ1) is 16.9. The maximum Gasteiger partial charge on any atom is 0.410 e. The van der Waals surface area contributed by atoms with E-state index in [4.69, 9.17) is 19.0 Å². The fourth-order valence-corrected chi connectivity index (χ4v) is 5.31. The van der Waals surface area contributed by atoms with Crippen molar-refractivity contribution in [1.82, 2.24) is 15.0 Å². The molecule has 0 spiro atoms. The Balaban J connectivity index is 1.71. The van der Waals surface area contributed by atoms with Gasteiger partial charge in [-0.05, 0) is 73.1 Å². The zero-order valence-corrected chi connectivity index (χ0v) is 23.3. The van der Waals surface area contributed by atoms with E-state index in [0.717, 1.165) is 38.0 Å². The van der Waals surface area contributed by atoms with Crippen molar-refractivity contribution in [3.8, 4) is 0 Å². The second kappa shape index (κ2) is 12.4. The van der Waals surface area contributed by atoms with Crippen LogP contribution in [0.15, 0.2) is 4.52 Å². The van der Waals surface area contributed by atoms with Gasteiger partial charge >= 0.3 is 12.1 Å². The lowest BCUT2D eigenvalue weighted by Gasteiger charge is -2.35. The molecule has 0 bridgehead atoms. The van der Waals surface area contributed by atoms with Crippen LogP contribution in [-0.2, 0) is 14.3 Å². The van der Waals surface area contributed by atoms with Gasteiger partial charge in [0.15, 0.2) is 5.82 Å². The van der Waals surface area contributed by atoms with Crippen LogP contribution in [0.1, 0.15) is 142 Å². The van der Waals surface area contributed by atoms with E-state index in [1.807, 2.05) is 41.5 Å². The quantitative estimate of drug-likeness (QED) is 0.348. The average molecular weight is 506 g/mol. The maximum absolute atomic E-state index is 12.9. The third kappa shape index (κ3) is 9.07. The predicted molar refractivity (Wildman–Crippen MR) is 137 cm³/mol. The number of carbonyl (C=O) groups excluding carboxylic acids is 2. The van der Waals surface area contributed by atoms with Crippen molar-refractivity contribution in [2.45, 2.75) is 142 Å². The summed E-state index contributed by atoms with van der Waals surface area (Å²) in [5, 5.41) is 4.28. The lowest BCUT2D eigenvalue weighted by Crippen LogP contribution is -2.42. The fraction of sp³-hybridized carbons (Fsp3) is 0.857. The summed E-state index contributed by atoms with van der Waals surface area (Å²) in [6, 6.07) is -0.282. The van der Waals surface area contributed by atoms with E-state index in [1.54, 1.807) is 4.90 Å². The monoisotopic (exact) mass is 505 g/mol. The molecule has 2 unspecified atom stereocenters. The molecular formula is C28H47N3O5. The van der Waals surface area contributed by atoms with Crippen LogP contribution in [0.3, 0.4) is 0 Å². The van der Waals surface area contributed by atoms with Gasteiger partial charge in [-0.2, -0.15) is 4.98 Å². The lowest BCUT2D eigenvalue weighted by molar-refractivity contribution is -0.155. The number of rotatable bonds is 8. The summed E-state index contributed by atoms with van der Waals surface area (Å²) < 4.78 is 17.0. The number of ether oxygens (including phenoxy) is 2. The van der Waals surface area contributed by atoms with Crippen molar-refractivity contribution < 1.29 is 23.6 Å². The Hall–Kier alpha value is -2.12. The van der Waals surface area contributed by atoms with E-state index >= 15 is 0 Å². The molecule has 0 aromatic carbocycles. The molecule has 1 aromatic heterocycles. The molecule has 1 aromatic rings. The van der Waals surface area contributed by atoms with Crippen LogP contribution in [-0.4, -0.2) is 44.8 Å². The van der Waals surface area contributed by atoms with E-state index in [0.29, 0.717) is 18.3 Å². The van der Waals surface area contributed by atoms with Crippen molar-refractivity contribution in [1.29, 1.82) is 0 Å². The van der Waals surface area contributed by atoms with E-state index < -0.39 is 11.2 Å². The van der Waals surface area contributed by atoms with Crippen LogP contribution in [0.25, 0.3) is 0 Å². The minimum absolute atomic E-state index is 0.191. The molecule has 1 aliphatic heterocycles. The van der Waals surface area contributed by atoms with Crippen molar-refractivity contribution in [2.75, 3.05) is 6.54 Å². The molecule has 36 heavy (non-hydrogen) atoms. The predicted octanol–water partition coefficient (Wildman–Crippen LogP) is 7.10. The zero-order chi connectivity index (χ0) is 26.3. The van der Waals surface area contributed by atoms with E-state index in [-0.39, 0.29) is 30.4 Å². The number of hydrogen-bond donors (Lipinski definition) is 0. The average Bonchev–Trinajstić information content (AvgIpc) is 3.27. The first-order valence-electron chi connectivity index (χ1n) is 14.0. The molecule has 1 saturated heterocycles. The zero-order valence-electron chi connectivity index (χ0n) is 23.3. The molecule has 2 atom stereocenters. The van der Waals surface area contributed by atoms with Gasteiger partial charge in [0.2, 0.25) is 5.89 Å². The largest absolute Gasteiger partial charge is 0.460 e. The number of nitrogens with zero attached hydrogens (tertiary/aromatic N) is 3. The number of aromatic nitrogens is 2. The van der Waals surface area contributed by atoms with Gasteiger partial charge in [-0.3, -0.25) is 9.69 Å². The summed E-state index contributed by atoms with van der Waals surface area (Å²) in [5.41, 5.74) is -1.11. The minimum Gasteiger partial charge on any atom is -0.460 e. The Morgan fingerprint density at radius 3 is 2.31 bits per heavy atom. The van der Waals surface area contributed by atoms with Crippen LogP contribution in [0.5, 0.6) is 0 Å². The van der Waals surface area contributed by atoms with E-state index in [1.165, 1.54) is 38.5 Å². The molecule has 3 rings (SSSR count). The maximum atomic E-state index is 12.9. The molecule has 1 amide bonds.